The van der Waals surface area contributed by atoms with Crippen LogP contribution >= 0.6 is 11.8 Å². The van der Waals surface area contributed by atoms with Gasteiger partial charge in [-0.2, -0.15) is 13.2 Å². The molecule has 3 rings (SSSR count). The Kier molecular flexibility index (Phi) is 8.03. The lowest BCUT2D eigenvalue weighted by molar-refractivity contribution is -0.137. The molecule has 0 atom stereocenters. The zero-order chi connectivity index (χ0) is 24.9. The third kappa shape index (κ3) is 6.40. The number of benzene rings is 2. The van der Waals surface area contributed by atoms with Crippen LogP contribution in [0.25, 0.3) is 5.69 Å². The molecule has 0 aliphatic rings. The number of alkyl halides is 3. The van der Waals surface area contributed by atoms with Crippen molar-refractivity contribution in [1.29, 1.82) is 0 Å². The smallest absolute Gasteiger partial charge is 0.336 e. The molecule has 0 unspecified atom stereocenters. The molecular formula is C24H25F3N4O2S. The van der Waals surface area contributed by atoms with E-state index in [2.05, 4.69) is 24.1 Å². The highest BCUT2D eigenvalue weighted by atomic mass is 32.2. The Hall–Kier alpha value is -3.27. The number of anilines is 1. The molecule has 180 valence electrons. The van der Waals surface area contributed by atoms with Crippen molar-refractivity contribution in [3.05, 3.63) is 72.1 Å². The Labute approximate surface area is 200 Å². The third-order valence-electron chi connectivity index (χ3n) is 5.08. The fourth-order valence-corrected chi connectivity index (χ4v) is 4.10. The van der Waals surface area contributed by atoms with Gasteiger partial charge in [0, 0.05) is 25.1 Å². The van der Waals surface area contributed by atoms with E-state index in [0.717, 1.165) is 11.8 Å². The van der Waals surface area contributed by atoms with Crippen LogP contribution in [-0.4, -0.2) is 45.6 Å². The Bertz CT molecular complexity index is 1140. The molecule has 0 aliphatic carbocycles. The van der Waals surface area contributed by atoms with Gasteiger partial charge in [0.2, 0.25) is 11.8 Å². The number of amides is 2. The number of halogens is 3. The molecule has 0 spiro atoms. The van der Waals surface area contributed by atoms with Gasteiger partial charge < -0.3 is 10.2 Å². The maximum atomic E-state index is 13.1. The van der Waals surface area contributed by atoms with E-state index in [1.165, 1.54) is 47.5 Å². The number of carbonyl (C=O) groups is 2. The fourth-order valence-electron chi connectivity index (χ4n) is 3.18. The van der Waals surface area contributed by atoms with Crippen LogP contribution < -0.4 is 5.32 Å². The first-order valence-corrected chi connectivity index (χ1v) is 11.5. The van der Waals surface area contributed by atoms with Gasteiger partial charge in [-0.05, 0) is 35.7 Å². The second-order valence-corrected chi connectivity index (χ2v) is 8.90. The van der Waals surface area contributed by atoms with Gasteiger partial charge in [0.15, 0.2) is 5.16 Å². The molecule has 0 saturated carbocycles. The fraction of sp³-hybridized carbons (Fsp3) is 0.292. The molecule has 0 aliphatic heterocycles. The molecule has 0 radical (unpaired) electrons. The van der Waals surface area contributed by atoms with Crippen molar-refractivity contribution in [2.24, 2.45) is 0 Å². The average molecular weight is 491 g/mol. The summed E-state index contributed by atoms with van der Waals surface area (Å²) in [5, 5.41) is 2.85. The number of carbonyl (C=O) groups excluding carboxylic acids is 2. The van der Waals surface area contributed by atoms with Crippen LogP contribution in [0.2, 0.25) is 0 Å². The number of nitrogens with one attached hydrogen (secondary N) is 1. The minimum atomic E-state index is -4.60. The predicted octanol–water partition coefficient (Wildman–Crippen LogP) is 5.20. The van der Waals surface area contributed by atoms with E-state index >= 15 is 0 Å². The maximum Gasteiger partial charge on any atom is 0.418 e. The number of thioether (sulfide) groups is 1. The Morgan fingerprint density at radius 3 is 2.44 bits per heavy atom. The summed E-state index contributed by atoms with van der Waals surface area (Å²) in [4.78, 5) is 30.3. The second kappa shape index (κ2) is 10.8. The Balaban J connectivity index is 1.57. The van der Waals surface area contributed by atoms with Crippen LogP contribution in [0.5, 0.6) is 0 Å². The van der Waals surface area contributed by atoms with Crippen LogP contribution in [0.1, 0.15) is 30.9 Å². The Morgan fingerprint density at radius 1 is 1.12 bits per heavy atom. The van der Waals surface area contributed by atoms with Gasteiger partial charge in [0.05, 0.1) is 23.5 Å². The zero-order valence-corrected chi connectivity index (χ0v) is 19.8. The Morgan fingerprint density at radius 2 is 1.79 bits per heavy atom. The summed E-state index contributed by atoms with van der Waals surface area (Å²) in [7, 11) is 1.43. The first kappa shape index (κ1) is 25.4. The van der Waals surface area contributed by atoms with E-state index in [4.69, 9.17) is 0 Å². The number of hydrogen-bond donors (Lipinski definition) is 1. The van der Waals surface area contributed by atoms with Crippen LogP contribution in [0.3, 0.4) is 0 Å². The van der Waals surface area contributed by atoms with Crippen LogP contribution in [0.15, 0.2) is 66.1 Å². The summed E-state index contributed by atoms with van der Waals surface area (Å²) in [6.07, 6.45) is -1.16. The number of hydrogen-bond acceptors (Lipinski definition) is 4. The number of likely N-dealkylation sites (N-methyl/N-ethyl adjacent to an activating group) is 1. The molecule has 2 amide bonds. The summed E-state index contributed by atoms with van der Waals surface area (Å²) in [6, 6.07) is 12.8. The van der Waals surface area contributed by atoms with E-state index in [9.17, 15) is 22.8 Å². The van der Waals surface area contributed by atoms with Gasteiger partial charge in [-0.25, -0.2) is 4.98 Å². The number of aromatic nitrogens is 2. The molecule has 1 N–H and O–H groups in total. The molecule has 2 aromatic carbocycles. The molecule has 34 heavy (non-hydrogen) atoms. The van der Waals surface area contributed by atoms with Crippen molar-refractivity contribution in [2.75, 3.05) is 24.7 Å². The largest absolute Gasteiger partial charge is 0.418 e. The standard InChI is InChI=1S/C24H25F3N4O2S/c1-16(2)17-8-10-18(11-9-17)31-13-12-28-23(31)34-15-22(33)30(3)14-21(32)29-20-7-5-4-6-19(20)24(25,26)27/h4-13,16H,14-15H2,1-3H3,(H,29,32). The van der Waals surface area contributed by atoms with Gasteiger partial charge in [-0.3, -0.25) is 14.2 Å². The van der Waals surface area contributed by atoms with Crippen molar-refractivity contribution in [3.8, 4) is 5.69 Å². The monoisotopic (exact) mass is 490 g/mol. The van der Waals surface area contributed by atoms with Crippen LogP contribution in [0.4, 0.5) is 18.9 Å². The third-order valence-corrected chi connectivity index (χ3v) is 6.03. The highest BCUT2D eigenvalue weighted by Crippen LogP contribution is 2.34. The molecule has 0 saturated heterocycles. The van der Waals surface area contributed by atoms with Gasteiger partial charge in [0.25, 0.3) is 0 Å². The van der Waals surface area contributed by atoms with Crippen molar-refractivity contribution in [3.63, 3.8) is 0 Å². The van der Waals surface area contributed by atoms with E-state index in [0.29, 0.717) is 11.1 Å². The predicted molar refractivity (Wildman–Crippen MR) is 126 cm³/mol. The molecule has 1 aromatic heterocycles. The lowest BCUT2D eigenvalue weighted by Crippen LogP contribution is -2.36. The lowest BCUT2D eigenvalue weighted by atomic mass is 10.0. The first-order chi connectivity index (χ1) is 16.1. The van der Waals surface area contributed by atoms with Gasteiger partial charge in [0.1, 0.15) is 0 Å². The average Bonchev–Trinajstić information content (AvgIpc) is 3.25. The minimum absolute atomic E-state index is 0.0179. The summed E-state index contributed by atoms with van der Waals surface area (Å²) >= 11 is 1.21. The second-order valence-electron chi connectivity index (χ2n) is 7.96. The lowest BCUT2D eigenvalue weighted by Gasteiger charge is -2.18. The number of rotatable bonds is 8. The summed E-state index contributed by atoms with van der Waals surface area (Å²) in [5.41, 5.74) is 0.834. The highest BCUT2D eigenvalue weighted by Gasteiger charge is 2.33. The summed E-state index contributed by atoms with van der Waals surface area (Å²) in [6.45, 7) is 3.85. The van der Waals surface area contributed by atoms with E-state index in [1.807, 2.05) is 28.8 Å². The van der Waals surface area contributed by atoms with Gasteiger partial charge in [-0.1, -0.05) is 49.9 Å². The topological polar surface area (TPSA) is 67.2 Å². The molecule has 0 fully saturated rings. The van der Waals surface area contributed by atoms with Gasteiger partial charge >= 0.3 is 6.18 Å². The van der Waals surface area contributed by atoms with Gasteiger partial charge in [-0.15, -0.1) is 0 Å². The zero-order valence-electron chi connectivity index (χ0n) is 19.0. The summed E-state index contributed by atoms with van der Waals surface area (Å²) < 4.78 is 41.2. The highest BCUT2D eigenvalue weighted by molar-refractivity contribution is 7.99. The minimum Gasteiger partial charge on any atom is -0.336 e. The van der Waals surface area contributed by atoms with Crippen molar-refractivity contribution < 1.29 is 22.8 Å². The summed E-state index contributed by atoms with van der Waals surface area (Å²) in [5.74, 6) is -0.638. The van der Waals surface area contributed by atoms with Crippen molar-refractivity contribution in [1.82, 2.24) is 14.5 Å². The van der Waals surface area contributed by atoms with Crippen LogP contribution in [0, 0.1) is 0 Å². The normalized spacial score (nSPS) is 11.5. The molecule has 0 bridgehead atoms. The molecule has 3 aromatic rings. The number of imidazole rings is 1. The van der Waals surface area contributed by atoms with E-state index in [1.54, 1.807) is 12.4 Å². The van der Waals surface area contributed by atoms with Crippen molar-refractivity contribution in [2.45, 2.75) is 31.1 Å². The molecule has 1 heterocycles. The molecule has 6 nitrogen and oxygen atoms in total. The van der Waals surface area contributed by atoms with Crippen LogP contribution in [-0.2, 0) is 15.8 Å². The number of nitrogens with zero attached hydrogens (tertiary/aromatic N) is 3. The van der Waals surface area contributed by atoms with E-state index < -0.39 is 17.6 Å². The van der Waals surface area contributed by atoms with E-state index in [-0.39, 0.29) is 23.9 Å². The molecule has 10 heteroatoms. The molecular weight excluding hydrogens is 465 g/mol. The maximum absolute atomic E-state index is 13.1. The van der Waals surface area contributed by atoms with Crippen molar-refractivity contribution >= 4 is 29.3 Å². The SMILES string of the molecule is CC(C)c1ccc(-n2ccnc2SCC(=O)N(C)CC(=O)Nc2ccccc2C(F)(F)F)cc1. The number of para-hydroxylation sites is 1. The quantitative estimate of drug-likeness (QED) is 0.441. The first-order valence-electron chi connectivity index (χ1n) is 10.5.